The van der Waals surface area contributed by atoms with E-state index in [1.54, 1.807) is 6.07 Å². The Kier molecular flexibility index (Phi) is 6.53. The van der Waals surface area contributed by atoms with Crippen molar-refractivity contribution in [2.45, 2.75) is 0 Å². The van der Waals surface area contributed by atoms with Crippen molar-refractivity contribution in [2.75, 3.05) is 40.0 Å². The lowest BCUT2D eigenvalue weighted by atomic mass is 10.1. The first-order chi connectivity index (χ1) is 13.5. The van der Waals surface area contributed by atoms with Gasteiger partial charge in [0.15, 0.2) is 11.6 Å². The normalized spacial score (nSPS) is 15.2. The van der Waals surface area contributed by atoms with E-state index in [1.807, 2.05) is 0 Å². The van der Waals surface area contributed by atoms with E-state index in [1.165, 1.54) is 31.4 Å². The molecular weight excluding hydrogens is 378 g/mol. The largest absolute Gasteiger partial charge is 0.497 e. The molecule has 1 saturated heterocycles. The Morgan fingerprint density at radius 2 is 1.64 bits per heavy atom. The number of halogens is 4. The highest BCUT2D eigenvalue weighted by Crippen LogP contribution is 2.34. The van der Waals surface area contributed by atoms with E-state index in [4.69, 9.17) is 14.2 Å². The van der Waals surface area contributed by atoms with Crippen molar-refractivity contribution in [1.29, 1.82) is 0 Å². The molecule has 150 valence electrons. The number of morpholine rings is 1. The fourth-order valence-electron chi connectivity index (χ4n) is 2.85. The Balaban J connectivity index is 1.84. The lowest BCUT2D eigenvalue weighted by molar-refractivity contribution is -0.902. The summed E-state index contributed by atoms with van der Waals surface area (Å²) in [4.78, 5) is 1.15. The molecule has 0 amide bonds. The highest BCUT2D eigenvalue weighted by Gasteiger charge is 2.26. The molecule has 4 nitrogen and oxygen atoms in total. The van der Waals surface area contributed by atoms with Gasteiger partial charge in [0, 0.05) is 6.07 Å². The predicted molar refractivity (Wildman–Crippen MR) is 94.8 cm³/mol. The summed E-state index contributed by atoms with van der Waals surface area (Å²) in [6, 6.07) is 5.83. The smallest absolute Gasteiger partial charge is 0.205 e. The molecule has 0 aromatic heterocycles. The Morgan fingerprint density at radius 3 is 2.29 bits per heavy atom. The molecule has 2 aromatic rings. The van der Waals surface area contributed by atoms with Crippen LogP contribution in [0.5, 0.6) is 17.2 Å². The number of hydrogen-bond acceptors (Lipinski definition) is 3. The van der Waals surface area contributed by atoms with Crippen LogP contribution in [0.25, 0.3) is 6.08 Å². The molecular formula is C20H20F4NO3+. The average Bonchev–Trinajstić information content (AvgIpc) is 2.73. The molecule has 1 aliphatic heterocycles. The lowest BCUT2D eigenvalue weighted by Gasteiger charge is -2.22. The van der Waals surface area contributed by atoms with Gasteiger partial charge < -0.3 is 19.1 Å². The average molecular weight is 398 g/mol. The van der Waals surface area contributed by atoms with Crippen LogP contribution < -0.4 is 14.4 Å². The van der Waals surface area contributed by atoms with Crippen molar-refractivity contribution in [2.24, 2.45) is 0 Å². The highest BCUT2D eigenvalue weighted by molar-refractivity contribution is 5.54. The van der Waals surface area contributed by atoms with Crippen LogP contribution in [-0.4, -0.2) is 40.0 Å². The summed E-state index contributed by atoms with van der Waals surface area (Å²) >= 11 is 0. The topological polar surface area (TPSA) is 32.1 Å². The quantitative estimate of drug-likeness (QED) is 0.600. The predicted octanol–water partition coefficient (Wildman–Crippen LogP) is 2.97. The first-order valence-electron chi connectivity index (χ1n) is 8.77. The van der Waals surface area contributed by atoms with Crippen molar-refractivity contribution in [3.63, 3.8) is 0 Å². The van der Waals surface area contributed by atoms with E-state index >= 15 is 0 Å². The van der Waals surface area contributed by atoms with Gasteiger partial charge in [0.2, 0.25) is 17.4 Å². The zero-order valence-electron chi connectivity index (χ0n) is 15.2. The maximum Gasteiger partial charge on any atom is 0.205 e. The molecule has 0 saturated carbocycles. The van der Waals surface area contributed by atoms with E-state index in [2.05, 4.69) is 0 Å². The molecule has 1 aliphatic rings. The molecule has 0 aliphatic carbocycles. The van der Waals surface area contributed by atoms with E-state index in [-0.39, 0.29) is 5.75 Å². The number of nitrogens with one attached hydrogen (secondary N) is 1. The van der Waals surface area contributed by atoms with Crippen LogP contribution in [0.2, 0.25) is 0 Å². The van der Waals surface area contributed by atoms with Gasteiger partial charge in [0.05, 0.1) is 32.4 Å². The molecule has 0 unspecified atom stereocenters. The Labute approximate surface area is 159 Å². The van der Waals surface area contributed by atoms with Gasteiger partial charge in [-0.3, -0.25) is 0 Å². The van der Waals surface area contributed by atoms with Gasteiger partial charge in [-0.05, 0) is 24.3 Å². The van der Waals surface area contributed by atoms with Crippen LogP contribution in [-0.2, 0) is 4.74 Å². The number of ether oxygens (including phenoxy) is 3. The number of hydrogen-bond donors (Lipinski definition) is 1. The number of rotatable bonds is 6. The van der Waals surface area contributed by atoms with Gasteiger partial charge in [-0.25, -0.2) is 8.78 Å². The van der Waals surface area contributed by atoms with Crippen LogP contribution in [0.3, 0.4) is 0 Å². The zero-order chi connectivity index (χ0) is 20.1. The SMILES string of the molecule is COc1cccc(Oc2c(F)c(F)c(/C=C/C[NH+]3CCOCC3)c(F)c2F)c1. The zero-order valence-corrected chi connectivity index (χ0v) is 15.2. The molecule has 28 heavy (non-hydrogen) atoms. The first kappa shape index (κ1) is 20.2. The van der Waals surface area contributed by atoms with E-state index in [9.17, 15) is 17.6 Å². The first-order valence-corrected chi connectivity index (χ1v) is 8.77. The fraction of sp³-hybridized carbons (Fsp3) is 0.300. The molecule has 0 radical (unpaired) electrons. The lowest BCUT2D eigenvalue weighted by Crippen LogP contribution is -3.13. The maximum atomic E-state index is 14.4. The fourth-order valence-corrected chi connectivity index (χ4v) is 2.85. The molecule has 0 spiro atoms. The van der Waals surface area contributed by atoms with Crippen molar-refractivity contribution in [3.8, 4) is 17.2 Å². The second-order valence-corrected chi connectivity index (χ2v) is 6.25. The summed E-state index contributed by atoms with van der Waals surface area (Å²) in [6.07, 6.45) is 2.54. The van der Waals surface area contributed by atoms with Crippen LogP contribution in [0, 0.1) is 23.3 Å². The number of benzene rings is 2. The standard InChI is InChI=1S/C20H19F4NO3/c1-26-13-4-2-5-14(12-13)28-20-18(23)16(21)15(17(22)19(20)24)6-3-7-25-8-10-27-11-9-25/h2-6,12H,7-11H2,1H3/p+1/b6-3+. The molecule has 1 heterocycles. The van der Waals surface area contributed by atoms with Crippen LogP contribution >= 0.6 is 0 Å². The Hall–Kier alpha value is -2.58. The molecule has 3 rings (SSSR count). The van der Waals surface area contributed by atoms with Gasteiger partial charge >= 0.3 is 0 Å². The third-order valence-corrected chi connectivity index (χ3v) is 4.41. The van der Waals surface area contributed by atoms with Crippen LogP contribution in [0.1, 0.15) is 5.56 Å². The monoisotopic (exact) mass is 398 g/mol. The van der Waals surface area contributed by atoms with Crippen LogP contribution in [0.4, 0.5) is 17.6 Å². The van der Waals surface area contributed by atoms with E-state index in [0.717, 1.165) is 24.1 Å². The summed E-state index contributed by atoms with van der Waals surface area (Å²) in [5, 5.41) is 0. The second kappa shape index (κ2) is 9.07. The summed E-state index contributed by atoms with van der Waals surface area (Å²) in [5.74, 6) is -7.01. The second-order valence-electron chi connectivity index (χ2n) is 6.25. The van der Waals surface area contributed by atoms with Gasteiger partial charge in [-0.1, -0.05) is 6.07 Å². The molecule has 8 heteroatoms. The van der Waals surface area contributed by atoms with Gasteiger partial charge in [0.25, 0.3) is 0 Å². The third-order valence-electron chi connectivity index (χ3n) is 4.41. The van der Waals surface area contributed by atoms with E-state index < -0.39 is 34.6 Å². The maximum absolute atomic E-state index is 14.4. The molecule has 0 bridgehead atoms. The summed E-state index contributed by atoms with van der Waals surface area (Å²) < 4.78 is 72.7. The van der Waals surface area contributed by atoms with Crippen molar-refractivity contribution >= 4 is 6.08 Å². The van der Waals surface area contributed by atoms with Gasteiger partial charge in [-0.15, -0.1) is 0 Å². The summed E-state index contributed by atoms with van der Waals surface area (Å²) in [5.41, 5.74) is -0.777. The van der Waals surface area contributed by atoms with Crippen molar-refractivity contribution in [3.05, 3.63) is 59.2 Å². The van der Waals surface area contributed by atoms with Gasteiger partial charge in [-0.2, -0.15) is 8.78 Å². The molecule has 0 atom stereocenters. The van der Waals surface area contributed by atoms with E-state index in [0.29, 0.717) is 25.5 Å². The summed E-state index contributed by atoms with van der Waals surface area (Å²) in [6.45, 7) is 3.18. The Morgan fingerprint density at radius 1 is 1.00 bits per heavy atom. The minimum absolute atomic E-state index is 0.0184. The van der Waals surface area contributed by atoms with Crippen LogP contribution in [0.15, 0.2) is 30.3 Å². The molecule has 1 N–H and O–H groups in total. The third kappa shape index (κ3) is 4.45. The highest BCUT2D eigenvalue weighted by atomic mass is 19.2. The number of methoxy groups -OCH3 is 1. The minimum atomic E-state index is -1.60. The van der Waals surface area contributed by atoms with Crippen molar-refractivity contribution < 1.29 is 36.7 Å². The Bertz CT molecular complexity index is 838. The molecule has 1 fully saturated rings. The van der Waals surface area contributed by atoms with Crippen molar-refractivity contribution in [1.82, 2.24) is 0 Å². The van der Waals surface area contributed by atoms with Gasteiger partial charge in [0.1, 0.15) is 24.6 Å². The summed E-state index contributed by atoms with van der Waals surface area (Å²) in [7, 11) is 1.40. The molecule has 2 aromatic carbocycles. The number of quaternary nitrogens is 1. The minimum Gasteiger partial charge on any atom is -0.497 e.